The Morgan fingerprint density at radius 2 is 2.11 bits per heavy atom. The highest BCUT2D eigenvalue weighted by molar-refractivity contribution is 7.89. The molecule has 0 bridgehead atoms. The van der Waals surface area contributed by atoms with Crippen molar-refractivity contribution in [2.75, 3.05) is 13.1 Å². The third kappa shape index (κ3) is 3.52. The van der Waals surface area contributed by atoms with E-state index in [1.165, 1.54) is 12.1 Å². The first-order chi connectivity index (χ1) is 8.88. The van der Waals surface area contributed by atoms with Crippen LogP contribution in [0.25, 0.3) is 0 Å². The Morgan fingerprint density at radius 1 is 1.37 bits per heavy atom. The third-order valence-electron chi connectivity index (χ3n) is 3.46. The van der Waals surface area contributed by atoms with Gasteiger partial charge in [-0.15, -0.1) is 0 Å². The second-order valence-electron chi connectivity index (χ2n) is 5.16. The van der Waals surface area contributed by atoms with Crippen molar-refractivity contribution in [1.29, 1.82) is 0 Å². The Kier molecular flexibility index (Phi) is 4.23. The molecule has 1 aromatic rings. The molecular formula is C13H19FN2O2S. The smallest absolute Gasteiger partial charge is 0.240 e. The van der Waals surface area contributed by atoms with Gasteiger partial charge in [-0.05, 0) is 49.6 Å². The van der Waals surface area contributed by atoms with Gasteiger partial charge in [0.05, 0.1) is 4.90 Å². The maximum Gasteiger partial charge on any atom is 0.240 e. The van der Waals surface area contributed by atoms with E-state index < -0.39 is 15.8 Å². The van der Waals surface area contributed by atoms with Crippen LogP contribution in [0.15, 0.2) is 23.1 Å². The minimum atomic E-state index is -3.67. The fourth-order valence-electron chi connectivity index (χ4n) is 2.27. The van der Waals surface area contributed by atoms with E-state index in [2.05, 4.69) is 10.0 Å². The van der Waals surface area contributed by atoms with Gasteiger partial charge >= 0.3 is 0 Å². The molecule has 19 heavy (non-hydrogen) atoms. The molecule has 0 spiro atoms. The van der Waals surface area contributed by atoms with E-state index in [0.29, 0.717) is 12.1 Å². The molecule has 4 nitrogen and oxygen atoms in total. The third-order valence-corrected chi connectivity index (χ3v) is 4.93. The first-order valence-corrected chi connectivity index (χ1v) is 7.87. The van der Waals surface area contributed by atoms with Crippen LogP contribution in [0.3, 0.4) is 0 Å². The van der Waals surface area contributed by atoms with Crippen molar-refractivity contribution in [3.63, 3.8) is 0 Å². The van der Waals surface area contributed by atoms with E-state index in [9.17, 15) is 12.8 Å². The first kappa shape index (κ1) is 14.4. The summed E-state index contributed by atoms with van der Waals surface area (Å²) in [5.41, 5.74) is 0.593. The van der Waals surface area contributed by atoms with Gasteiger partial charge in [0.15, 0.2) is 0 Å². The summed E-state index contributed by atoms with van der Waals surface area (Å²) >= 11 is 0. The van der Waals surface area contributed by atoms with Crippen LogP contribution in [0.4, 0.5) is 4.39 Å². The minimum Gasteiger partial charge on any atom is -0.315 e. The molecule has 0 aliphatic carbocycles. The lowest BCUT2D eigenvalue weighted by atomic mass is 9.96. The molecule has 0 radical (unpaired) electrons. The van der Waals surface area contributed by atoms with E-state index >= 15 is 0 Å². The van der Waals surface area contributed by atoms with Crippen molar-refractivity contribution in [3.05, 3.63) is 29.6 Å². The predicted molar refractivity (Wildman–Crippen MR) is 71.9 cm³/mol. The maximum absolute atomic E-state index is 13.3. The number of rotatable bonds is 3. The van der Waals surface area contributed by atoms with E-state index in [1.54, 1.807) is 6.92 Å². The average molecular weight is 286 g/mol. The van der Waals surface area contributed by atoms with Crippen molar-refractivity contribution in [3.8, 4) is 0 Å². The standard InChI is InChI=1S/C13H19FN2O2S/c1-9-5-11(14)7-12(6-9)19(17,18)16-13-8-15-4-3-10(13)2/h5-7,10,13,15-16H,3-4,8H2,1-2H3. The van der Waals surface area contributed by atoms with Gasteiger partial charge in [-0.25, -0.2) is 17.5 Å². The molecule has 1 aromatic carbocycles. The largest absolute Gasteiger partial charge is 0.315 e. The molecule has 2 unspecified atom stereocenters. The summed E-state index contributed by atoms with van der Waals surface area (Å²) in [6, 6.07) is 3.69. The number of hydrogen-bond acceptors (Lipinski definition) is 3. The fraction of sp³-hybridized carbons (Fsp3) is 0.538. The van der Waals surface area contributed by atoms with Gasteiger partial charge in [-0.1, -0.05) is 6.92 Å². The molecule has 0 aromatic heterocycles. The summed E-state index contributed by atoms with van der Waals surface area (Å²) in [4.78, 5) is -0.0113. The number of benzene rings is 1. The lowest BCUT2D eigenvalue weighted by Gasteiger charge is -2.30. The number of sulfonamides is 1. The predicted octanol–water partition coefficient (Wildman–Crippen LogP) is 1.41. The van der Waals surface area contributed by atoms with Gasteiger partial charge in [0, 0.05) is 12.6 Å². The molecule has 106 valence electrons. The van der Waals surface area contributed by atoms with E-state index in [-0.39, 0.29) is 16.9 Å². The van der Waals surface area contributed by atoms with Crippen LogP contribution in [0.1, 0.15) is 18.9 Å². The lowest BCUT2D eigenvalue weighted by Crippen LogP contribution is -2.50. The molecule has 0 amide bonds. The van der Waals surface area contributed by atoms with E-state index in [0.717, 1.165) is 19.0 Å². The summed E-state index contributed by atoms with van der Waals surface area (Å²) in [6.07, 6.45) is 0.926. The molecule has 2 N–H and O–H groups in total. The van der Waals surface area contributed by atoms with Crippen molar-refractivity contribution >= 4 is 10.0 Å². The number of piperidine rings is 1. The Labute approximate surface area is 113 Å². The van der Waals surface area contributed by atoms with Crippen molar-refractivity contribution < 1.29 is 12.8 Å². The van der Waals surface area contributed by atoms with Gasteiger partial charge in [-0.3, -0.25) is 0 Å². The topological polar surface area (TPSA) is 58.2 Å². The summed E-state index contributed by atoms with van der Waals surface area (Å²) in [6.45, 7) is 5.20. The second kappa shape index (κ2) is 5.56. The molecule has 2 atom stereocenters. The van der Waals surface area contributed by atoms with Crippen LogP contribution >= 0.6 is 0 Å². The van der Waals surface area contributed by atoms with Crippen molar-refractivity contribution in [2.24, 2.45) is 5.92 Å². The van der Waals surface area contributed by atoms with Crippen molar-refractivity contribution in [2.45, 2.75) is 31.2 Å². The Bertz CT molecular complexity index is 540. The second-order valence-corrected chi connectivity index (χ2v) is 6.88. The molecule has 1 heterocycles. The summed E-state index contributed by atoms with van der Waals surface area (Å²) < 4.78 is 40.5. The quantitative estimate of drug-likeness (QED) is 0.883. The molecular weight excluding hydrogens is 267 g/mol. The van der Waals surface area contributed by atoms with E-state index in [4.69, 9.17) is 0 Å². The van der Waals surface area contributed by atoms with Crippen LogP contribution in [0, 0.1) is 18.7 Å². The highest BCUT2D eigenvalue weighted by Crippen LogP contribution is 2.17. The van der Waals surface area contributed by atoms with Gasteiger partial charge in [-0.2, -0.15) is 0 Å². The summed E-state index contributed by atoms with van der Waals surface area (Å²) in [7, 11) is -3.67. The first-order valence-electron chi connectivity index (χ1n) is 6.39. The molecule has 2 rings (SSSR count). The zero-order valence-electron chi connectivity index (χ0n) is 11.1. The van der Waals surface area contributed by atoms with Crippen molar-refractivity contribution in [1.82, 2.24) is 10.0 Å². The molecule has 1 aliphatic rings. The number of aryl methyl sites for hydroxylation is 1. The average Bonchev–Trinajstić information content (AvgIpc) is 2.31. The Morgan fingerprint density at radius 3 is 2.74 bits per heavy atom. The number of nitrogens with one attached hydrogen (secondary N) is 2. The summed E-state index contributed by atoms with van der Waals surface area (Å²) in [5, 5.41) is 3.16. The van der Waals surface area contributed by atoms with E-state index in [1.807, 2.05) is 6.92 Å². The van der Waals surface area contributed by atoms with Gasteiger partial charge in [0.25, 0.3) is 0 Å². The van der Waals surface area contributed by atoms with Crippen LogP contribution in [-0.4, -0.2) is 27.5 Å². The van der Waals surface area contributed by atoms with Gasteiger partial charge in [0.1, 0.15) is 5.82 Å². The minimum absolute atomic E-state index is 0.0113. The Balaban J connectivity index is 2.22. The monoisotopic (exact) mass is 286 g/mol. The normalized spacial score (nSPS) is 24.4. The fourth-order valence-corrected chi connectivity index (χ4v) is 3.73. The molecule has 6 heteroatoms. The highest BCUT2D eigenvalue weighted by Gasteiger charge is 2.26. The molecule has 1 fully saturated rings. The highest BCUT2D eigenvalue weighted by atomic mass is 32.2. The van der Waals surface area contributed by atoms with Crippen LogP contribution in [0.2, 0.25) is 0 Å². The molecule has 1 saturated heterocycles. The van der Waals surface area contributed by atoms with Gasteiger partial charge < -0.3 is 5.32 Å². The summed E-state index contributed by atoms with van der Waals surface area (Å²) in [5.74, 6) is -0.263. The SMILES string of the molecule is Cc1cc(F)cc(S(=O)(=O)NC2CNCCC2C)c1. The van der Waals surface area contributed by atoms with Crippen LogP contribution < -0.4 is 10.0 Å². The van der Waals surface area contributed by atoms with Crippen LogP contribution in [0.5, 0.6) is 0 Å². The molecule has 1 aliphatic heterocycles. The Hall–Kier alpha value is -0.980. The van der Waals surface area contributed by atoms with Crippen LogP contribution in [-0.2, 0) is 10.0 Å². The zero-order chi connectivity index (χ0) is 14.0. The molecule has 0 saturated carbocycles. The maximum atomic E-state index is 13.3. The lowest BCUT2D eigenvalue weighted by molar-refractivity contribution is 0.327. The van der Waals surface area contributed by atoms with Gasteiger partial charge in [0.2, 0.25) is 10.0 Å². The number of halogens is 1. The zero-order valence-corrected chi connectivity index (χ0v) is 11.9. The number of hydrogen-bond donors (Lipinski definition) is 2.